The van der Waals surface area contributed by atoms with Gasteiger partial charge in [0.15, 0.2) is 5.70 Å². The summed E-state index contributed by atoms with van der Waals surface area (Å²) in [7, 11) is 0. The highest BCUT2D eigenvalue weighted by molar-refractivity contribution is 5.92. The molecule has 7 heteroatoms. The van der Waals surface area contributed by atoms with Crippen molar-refractivity contribution >= 4 is 12.2 Å². The Bertz CT molecular complexity index is 409. The molecule has 0 bridgehead atoms. The molecule has 0 aromatic heterocycles. The molecule has 0 radical (unpaired) electrons. The van der Waals surface area contributed by atoms with Gasteiger partial charge < -0.3 is 15.5 Å². The highest BCUT2D eigenvalue weighted by Gasteiger charge is 2.35. The largest absolute Gasteiger partial charge is 0.492 e. The number of hydrogen-bond donors (Lipinski definition) is 3. The summed E-state index contributed by atoms with van der Waals surface area (Å²) in [6, 6.07) is 3.08. The van der Waals surface area contributed by atoms with E-state index in [0.29, 0.717) is 0 Å². The van der Waals surface area contributed by atoms with Gasteiger partial charge in [-0.2, -0.15) is 10.5 Å². The third kappa shape index (κ3) is 1.34. The number of nitriles is 2. The second kappa shape index (κ2) is 3.07. The number of nitrogens with one attached hydrogen (secondary N) is 1. The highest BCUT2D eigenvalue weighted by Crippen LogP contribution is 2.12. The maximum absolute atomic E-state index is 10.5. The molecule has 0 unspecified atom stereocenters. The quantitative estimate of drug-likeness (QED) is 0.501. The molecule has 1 heterocycles. The number of aliphatic hydroxyl groups is 1. The predicted molar refractivity (Wildman–Crippen MR) is 42.9 cm³/mol. The van der Waals surface area contributed by atoms with Gasteiger partial charge in [-0.25, -0.2) is 9.79 Å². The number of carbonyl (C=O) groups is 1. The van der Waals surface area contributed by atoms with Gasteiger partial charge in [-0.3, -0.25) is 0 Å². The van der Waals surface area contributed by atoms with E-state index in [2.05, 4.69) is 10.3 Å². The van der Waals surface area contributed by atoms with E-state index in [0.717, 1.165) is 6.21 Å². The average molecular weight is 192 g/mol. The molecule has 0 saturated heterocycles. The molecule has 1 rings (SSSR count). The predicted octanol–water partition coefficient (Wildman–Crippen LogP) is -0.742. The number of rotatable bonds is 1. The first-order valence-electron chi connectivity index (χ1n) is 3.37. The number of carboxylic acids is 1. The van der Waals surface area contributed by atoms with E-state index >= 15 is 0 Å². The SMILES string of the molecule is N#CC1(C#N)C=NC(O)=C(C(=O)O)N1. The number of carboxylic acid groups (broad SMARTS) is 1. The molecule has 1 aliphatic heterocycles. The van der Waals surface area contributed by atoms with Crippen LogP contribution in [0.25, 0.3) is 0 Å². The molecular weight excluding hydrogens is 188 g/mol. The van der Waals surface area contributed by atoms with Crippen LogP contribution in [0, 0.1) is 22.7 Å². The van der Waals surface area contributed by atoms with Crippen LogP contribution in [0.1, 0.15) is 0 Å². The van der Waals surface area contributed by atoms with Crippen molar-refractivity contribution in [1.29, 1.82) is 10.5 Å². The summed E-state index contributed by atoms with van der Waals surface area (Å²) in [6.07, 6.45) is 0.842. The van der Waals surface area contributed by atoms with E-state index < -0.39 is 23.1 Å². The summed E-state index contributed by atoms with van der Waals surface area (Å²) in [6.45, 7) is 0. The molecule has 14 heavy (non-hydrogen) atoms. The first-order chi connectivity index (χ1) is 6.54. The minimum atomic E-state index is -1.83. The van der Waals surface area contributed by atoms with Gasteiger partial charge in [0.25, 0.3) is 0 Å². The van der Waals surface area contributed by atoms with Gasteiger partial charge >= 0.3 is 5.97 Å². The molecular formula is C7H4N4O3. The molecule has 0 aliphatic carbocycles. The number of aliphatic carboxylic acids is 1. The van der Waals surface area contributed by atoms with Crippen LogP contribution in [-0.4, -0.2) is 27.9 Å². The maximum atomic E-state index is 10.5. The molecule has 0 atom stereocenters. The van der Waals surface area contributed by atoms with Gasteiger partial charge in [-0.1, -0.05) is 0 Å². The smallest absolute Gasteiger partial charge is 0.357 e. The fourth-order valence-corrected chi connectivity index (χ4v) is 0.796. The number of aliphatic hydroxyl groups excluding tert-OH is 1. The zero-order valence-corrected chi connectivity index (χ0v) is 6.72. The normalized spacial score (nSPS) is 17.9. The fraction of sp³-hybridized carbons (Fsp3) is 0.143. The van der Waals surface area contributed by atoms with Crippen LogP contribution in [0.3, 0.4) is 0 Å². The van der Waals surface area contributed by atoms with Gasteiger partial charge in [-0.05, 0) is 0 Å². The van der Waals surface area contributed by atoms with Crippen molar-refractivity contribution in [3.05, 3.63) is 11.6 Å². The molecule has 3 N–H and O–H groups in total. The van der Waals surface area contributed by atoms with E-state index in [-0.39, 0.29) is 0 Å². The number of hydrogen-bond acceptors (Lipinski definition) is 6. The van der Waals surface area contributed by atoms with Crippen molar-refractivity contribution < 1.29 is 15.0 Å². The van der Waals surface area contributed by atoms with Crippen molar-refractivity contribution in [2.75, 3.05) is 0 Å². The Hall–Kier alpha value is -2.54. The third-order valence-corrected chi connectivity index (χ3v) is 1.49. The van der Waals surface area contributed by atoms with E-state index in [1.807, 2.05) is 0 Å². The van der Waals surface area contributed by atoms with E-state index in [9.17, 15) is 4.79 Å². The van der Waals surface area contributed by atoms with E-state index in [1.165, 1.54) is 0 Å². The van der Waals surface area contributed by atoms with Crippen LogP contribution >= 0.6 is 0 Å². The Labute approximate surface area is 78.2 Å². The van der Waals surface area contributed by atoms with Crippen molar-refractivity contribution in [2.45, 2.75) is 5.54 Å². The monoisotopic (exact) mass is 192 g/mol. The van der Waals surface area contributed by atoms with Crippen molar-refractivity contribution in [1.82, 2.24) is 5.32 Å². The fourth-order valence-electron chi connectivity index (χ4n) is 0.796. The van der Waals surface area contributed by atoms with Crippen LogP contribution in [0.2, 0.25) is 0 Å². The summed E-state index contributed by atoms with van der Waals surface area (Å²) < 4.78 is 0. The minimum absolute atomic E-state index is 0.671. The summed E-state index contributed by atoms with van der Waals surface area (Å²) in [5, 5.41) is 36.8. The molecule has 0 spiro atoms. The third-order valence-electron chi connectivity index (χ3n) is 1.49. The Balaban J connectivity index is 3.15. The first-order valence-corrected chi connectivity index (χ1v) is 3.37. The molecule has 0 aromatic rings. The lowest BCUT2D eigenvalue weighted by Gasteiger charge is -2.20. The summed E-state index contributed by atoms with van der Waals surface area (Å²) in [4.78, 5) is 13.8. The van der Waals surface area contributed by atoms with Crippen molar-refractivity contribution in [3.8, 4) is 12.1 Å². The summed E-state index contributed by atoms with van der Waals surface area (Å²) in [5.74, 6) is -2.26. The number of nitrogens with zero attached hydrogens (tertiary/aromatic N) is 3. The zero-order valence-electron chi connectivity index (χ0n) is 6.72. The van der Waals surface area contributed by atoms with E-state index in [1.54, 1.807) is 12.1 Å². The summed E-state index contributed by atoms with van der Waals surface area (Å²) >= 11 is 0. The molecule has 70 valence electrons. The minimum Gasteiger partial charge on any atom is -0.492 e. The Morgan fingerprint density at radius 3 is 2.57 bits per heavy atom. The molecule has 0 aromatic carbocycles. The van der Waals surface area contributed by atoms with Crippen LogP contribution in [0.5, 0.6) is 0 Å². The van der Waals surface area contributed by atoms with E-state index in [4.69, 9.17) is 20.7 Å². The molecule has 0 fully saturated rings. The topological polar surface area (TPSA) is 130 Å². The van der Waals surface area contributed by atoms with Gasteiger partial charge in [0, 0.05) is 0 Å². The highest BCUT2D eigenvalue weighted by atomic mass is 16.4. The van der Waals surface area contributed by atoms with Gasteiger partial charge in [0.05, 0.1) is 6.21 Å². The molecule has 7 nitrogen and oxygen atoms in total. The molecule has 0 saturated carbocycles. The standard InChI is InChI=1S/C7H4N4O3/c8-1-7(2-9)3-10-5(12)4(11-7)6(13)14/h3,11-12H,(H,13,14). The van der Waals surface area contributed by atoms with Gasteiger partial charge in [0.2, 0.25) is 11.4 Å². The number of aliphatic imine (C=N–C) groups is 1. The molecule has 0 amide bonds. The van der Waals surface area contributed by atoms with Crippen LogP contribution < -0.4 is 5.32 Å². The lowest BCUT2D eigenvalue weighted by atomic mass is 10.0. The van der Waals surface area contributed by atoms with Crippen molar-refractivity contribution in [3.63, 3.8) is 0 Å². The zero-order chi connectivity index (χ0) is 10.8. The van der Waals surface area contributed by atoms with Gasteiger partial charge in [0.1, 0.15) is 12.1 Å². The molecule has 1 aliphatic rings. The average Bonchev–Trinajstić information content (AvgIpc) is 2.19. The Morgan fingerprint density at radius 1 is 1.57 bits per heavy atom. The first kappa shape index (κ1) is 9.55. The second-order valence-electron chi connectivity index (χ2n) is 2.42. The van der Waals surface area contributed by atoms with Crippen LogP contribution in [-0.2, 0) is 4.79 Å². The summed E-state index contributed by atoms with van der Waals surface area (Å²) in [5.41, 5.74) is -2.50. The van der Waals surface area contributed by atoms with Crippen molar-refractivity contribution in [2.24, 2.45) is 4.99 Å². The maximum Gasteiger partial charge on any atom is 0.357 e. The Morgan fingerprint density at radius 2 is 2.14 bits per heavy atom. The lowest BCUT2D eigenvalue weighted by Crippen LogP contribution is -2.47. The second-order valence-corrected chi connectivity index (χ2v) is 2.42. The van der Waals surface area contributed by atoms with Crippen LogP contribution in [0.15, 0.2) is 16.6 Å². The lowest BCUT2D eigenvalue weighted by molar-refractivity contribution is -0.133. The Kier molecular flexibility index (Phi) is 2.09. The van der Waals surface area contributed by atoms with Crippen LogP contribution in [0.4, 0.5) is 0 Å². The van der Waals surface area contributed by atoms with Gasteiger partial charge in [-0.15, -0.1) is 0 Å².